The third-order valence-electron chi connectivity index (χ3n) is 7.22. The lowest BCUT2D eigenvalue weighted by molar-refractivity contribution is 0.0589. The number of nitrogens with one attached hydrogen (secondary N) is 3. The van der Waals surface area contributed by atoms with Crippen LogP contribution in [0.15, 0.2) is 47.4 Å². The molecule has 178 valence electrons. The molecule has 7 nitrogen and oxygen atoms in total. The monoisotopic (exact) mass is 463 g/mol. The standard InChI is InChI=1S/C26H30FN5O2/c1-25-7-3-8-26(2,32-25)14-16(13-25)15-29-23-5-4-21(30-31-23)19-11-20(27)18(12-22(19)33)17-6-9-28-24(34)10-17/h4-6,9-12,16,32-33H,3,7-8,13-15H2,1-2H3,(H,28,34)(H,29,31). The van der Waals surface area contributed by atoms with Crippen molar-refractivity contribution in [2.45, 2.75) is 57.0 Å². The number of aromatic nitrogens is 3. The lowest BCUT2D eigenvalue weighted by Crippen LogP contribution is -2.63. The lowest BCUT2D eigenvalue weighted by Gasteiger charge is -2.53. The Hall–Kier alpha value is -3.26. The molecule has 1 aromatic carbocycles. The Labute approximate surface area is 197 Å². The van der Waals surface area contributed by atoms with Crippen molar-refractivity contribution in [1.29, 1.82) is 0 Å². The van der Waals surface area contributed by atoms with Crippen LogP contribution in [0.3, 0.4) is 0 Å². The largest absolute Gasteiger partial charge is 0.507 e. The Kier molecular flexibility index (Phi) is 5.64. The van der Waals surface area contributed by atoms with E-state index in [0.29, 0.717) is 23.0 Å². The molecule has 0 saturated carbocycles. The first kappa shape index (κ1) is 22.5. The number of H-pyrrole nitrogens is 1. The van der Waals surface area contributed by atoms with Gasteiger partial charge in [-0.3, -0.25) is 4.79 Å². The molecule has 2 aliphatic heterocycles. The number of benzene rings is 1. The number of halogens is 1. The van der Waals surface area contributed by atoms with Gasteiger partial charge in [0.25, 0.3) is 0 Å². The topological polar surface area (TPSA) is 103 Å². The van der Waals surface area contributed by atoms with Crippen LogP contribution in [0, 0.1) is 11.7 Å². The van der Waals surface area contributed by atoms with E-state index in [9.17, 15) is 14.3 Å². The fourth-order valence-electron chi connectivity index (χ4n) is 5.94. The number of hydrogen-bond donors (Lipinski definition) is 4. The molecule has 0 amide bonds. The minimum Gasteiger partial charge on any atom is -0.507 e. The number of phenolic OH excluding ortho intramolecular Hbond substituents is 1. The van der Waals surface area contributed by atoms with Crippen molar-refractivity contribution in [1.82, 2.24) is 20.5 Å². The van der Waals surface area contributed by atoms with Crippen molar-refractivity contribution < 1.29 is 9.50 Å². The Morgan fingerprint density at radius 3 is 2.53 bits per heavy atom. The molecule has 0 aliphatic carbocycles. The van der Waals surface area contributed by atoms with Crippen LogP contribution in [0.25, 0.3) is 22.4 Å². The zero-order valence-corrected chi connectivity index (χ0v) is 19.5. The van der Waals surface area contributed by atoms with E-state index < -0.39 is 5.82 Å². The molecule has 2 saturated heterocycles. The zero-order chi connectivity index (χ0) is 23.9. The van der Waals surface area contributed by atoms with E-state index in [1.54, 1.807) is 18.2 Å². The number of rotatable bonds is 5. The molecule has 3 aromatic rings. The number of aromatic amines is 1. The van der Waals surface area contributed by atoms with Gasteiger partial charge in [0.1, 0.15) is 17.4 Å². The highest BCUT2D eigenvalue weighted by molar-refractivity contribution is 5.74. The van der Waals surface area contributed by atoms with Crippen molar-refractivity contribution in [2.24, 2.45) is 5.92 Å². The molecule has 2 aromatic heterocycles. The van der Waals surface area contributed by atoms with Gasteiger partial charge in [-0.1, -0.05) is 0 Å². The maximum atomic E-state index is 14.8. The minimum absolute atomic E-state index is 0.130. The summed E-state index contributed by atoms with van der Waals surface area (Å²) in [6.45, 7) is 5.49. The van der Waals surface area contributed by atoms with Gasteiger partial charge in [-0.25, -0.2) is 4.39 Å². The van der Waals surface area contributed by atoms with Gasteiger partial charge in [-0.2, -0.15) is 0 Å². The summed E-state index contributed by atoms with van der Waals surface area (Å²) in [4.78, 5) is 14.0. The summed E-state index contributed by atoms with van der Waals surface area (Å²) < 4.78 is 14.8. The van der Waals surface area contributed by atoms with Crippen LogP contribution < -0.4 is 16.2 Å². The molecule has 4 heterocycles. The zero-order valence-electron chi connectivity index (χ0n) is 19.5. The van der Waals surface area contributed by atoms with Gasteiger partial charge in [0.2, 0.25) is 5.56 Å². The number of anilines is 1. The quantitative estimate of drug-likeness (QED) is 0.446. The highest BCUT2D eigenvalue weighted by Crippen LogP contribution is 2.42. The van der Waals surface area contributed by atoms with Crippen molar-refractivity contribution in [2.75, 3.05) is 11.9 Å². The number of hydrogen-bond acceptors (Lipinski definition) is 6. The van der Waals surface area contributed by atoms with E-state index in [1.165, 1.54) is 43.7 Å². The molecular weight excluding hydrogens is 433 g/mol. The van der Waals surface area contributed by atoms with Gasteiger partial charge >= 0.3 is 0 Å². The van der Waals surface area contributed by atoms with Crippen LogP contribution in [-0.4, -0.2) is 37.9 Å². The van der Waals surface area contributed by atoms with Crippen LogP contribution in [0.1, 0.15) is 46.0 Å². The van der Waals surface area contributed by atoms with Gasteiger partial charge in [0.15, 0.2) is 0 Å². The maximum Gasteiger partial charge on any atom is 0.248 e. The number of pyridine rings is 1. The predicted octanol–water partition coefficient (Wildman–Crippen LogP) is 4.46. The van der Waals surface area contributed by atoms with Crippen molar-refractivity contribution in [3.05, 3.63) is 58.8 Å². The highest BCUT2D eigenvalue weighted by Gasteiger charge is 2.45. The summed E-state index contributed by atoms with van der Waals surface area (Å²) in [6, 6.07) is 8.91. The SMILES string of the molecule is CC12CCCC(C)(CC(CNc3ccc(-c4cc(F)c(-c5cc[nH]c(=O)c5)cc4O)nn3)C1)N2. The van der Waals surface area contributed by atoms with Crippen molar-refractivity contribution >= 4 is 5.82 Å². The molecular formula is C26H30FN5O2. The Balaban J connectivity index is 1.29. The van der Waals surface area contributed by atoms with Crippen LogP contribution in [0.2, 0.25) is 0 Å². The fraction of sp³-hybridized carbons (Fsp3) is 0.423. The molecule has 0 spiro atoms. The van der Waals surface area contributed by atoms with E-state index in [2.05, 4.69) is 39.7 Å². The van der Waals surface area contributed by atoms with Crippen molar-refractivity contribution in [3.8, 4) is 28.1 Å². The normalized spacial score (nSPS) is 26.3. The summed E-state index contributed by atoms with van der Waals surface area (Å²) in [7, 11) is 0. The number of fused-ring (bicyclic) bond motifs is 2. The first-order valence-corrected chi connectivity index (χ1v) is 11.8. The van der Waals surface area contributed by atoms with Crippen LogP contribution >= 0.6 is 0 Å². The van der Waals surface area contributed by atoms with E-state index in [-0.39, 0.29) is 33.5 Å². The third kappa shape index (κ3) is 4.55. The summed E-state index contributed by atoms with van der Waals surface area (Å²) in [5.74, 6) is 0.520. The van der Waals surface area contributed by atoms with Gasteiger partial charge < -0.3 is 20.7 Å². The number of aromatic hydroxyl groups is 1. The summed E-state index contributed by atoms with van der Waals surface area (Å²) in [6.07, 6.45) is 7.42. The van der Waals surface area contributed by atoms with Crippen molar-refractivity contribution in [3.63, 3.8) is 0 Å². The van der Waals surface area contributed by atoms with E-state index in [4.69, 9.17) is 0 Å². The maximum absolute atomic E-state index is 14.8. The predicted molar refractivity (Wildman–Crippen MR) is 130 cm³/mol. The molecule has 5 rings (SSSR count). The molecule has 2 bridgehead atoms. The average Bonchev–Trinajstić information content (AvgIpc) is 2.78. The average molecular weight is 464 g/mol. The van der Waals surface area contributed by atoms with Crippen LogP contribution in [0.5, 0.6) is 5.75 Å². The van der Waals surface area contributed by atoms with E-state index in [1.807, 2.05) is 0 Å². The number of phenols is 1. The third-order valence-corrected chi connectivity index (χ3v) is 7.22. The highest BCUT2D eigenvalue weighted by atomic mass is 19.1. The van der Waals surface area contributed by atoms with Gasteiger partial charge in [-0.15, -0.1) is 10.2 Å². The minimum atomic E-state index is -0.555. The van der Waals surface area contributed by atoms with Crippen LogP contribution in [-0.2, 0) is 0 Å². The second-order valence-electron chi connectivity index (χ2n) is 10.3. The van der Waals surface area contributed by atoms with Crippen LogP contribution in [0.4, 0.5) is 10.2 Å². The number of nitrogens with zero attached hydrogens (tertiary/aromatic N) is 2. The second kappa shape index (κ2) is 8.51. The molecule has 2 atom stereocenters. The molecule has 4 N–H and O–H groups in total. The second-order valence-corrected chi connectivity index (χ2v) is 10.3. The first-order chi connectivity index (χ1) is 16.2. The molecule has 34 heavy (non-hydrogen) atoms. The molecule has 2 fully saturated rings. The smallest absolute Gasteiger partial charge is 0.248 e. The Morgan fingerprint density at radius 1 is 1.09 bits per heavy atom. The molecule has 8 heteroatoms. The molecule has 2 unspecified atom stereocenters. The summed E-state index contributed by atoms with van der Waals surface area (Å²) >= 11 is 0. The van der Waals surface area contributed by atoms with Gasteiger partial charge in [-0.05, 0) is 87.8 Å². The Bertz CT molecular complexity index is 1240. The molecule has 2 aliphatic rings. The summed E-state index contributed by atoms with van der Waals surface area (Å²) in [5.41, 5.74) is 1.21. The summed E-state index contributed by atoms with van der Waals surface area (Å²) in [5, 5.41) is 26.3. The number of piperidine rings is 2. The molecule has 0 radical (unpaired) electrons. The van der Waals surface area contributed by atoms with E-state index in [0.717, 1.165) is 19.4 Å². The fourth-order valence-corrected chi connectivity index (χ4v) is 5.94. The Morgan fingerprint density at radius 2 is 1.85 bits per heavy atom. The van der Waals surface area contributed by atoms with Gasteiger partial charge in [0, 0.05) is 41.0 Å². The lowest BCUT2D eigenvalue weighted by atomic mass is 9.67. The van der Waals surface area contributed by atoms with E-state index >= 15 is 0 Å². The first-order valence-electron chi connectivity index (χ1n) is 11.8. The van der Waals surface area contributed by atoms with Gasteiger partial charge in [0.05, 0.1) is 5.69 Å².